The lowest BCUT2D eigenvalue weighted by atomic mass is 9.97. The zero-order chi connectivity index (χ0) is 17.4. The second-order valence-electron chi connectivity index (χ2n) is 5.50. The van der Waals surface area contributed by atoms with E-state index in [9.17, 15) is 30.7 Å². The van der Waals surface area contributed by atoms with Gasteiger partial charge in [-0.2, -0.15) is 18.3 Å². The van der Waals surface area contributed by atoms with Gasteiger partial charge < -0.3 is 5.11 Å². The number of hydrogen-bond acceptors (Lipinski definition) is 2. The van der Waals surface area contributed by atoms with Gasteiger partial charge in [0.05, 0.1) is 5.69 Å². The van der Waals surface area contributed by atoms with Crippen LogP contribution in [0.2, 0.25) is 0 Å². The molecule has 0 amide bonds. The van der Waals surface area contributed by atoms with Crippen molar-refractivity contribution in [2.45, 2.75) is 62.7 Å². The van der Waals surface area contributed by atoms with E-state index in [0.29, 0.717) is 12.8 Å². The van der Waals surface area contributed by atoms with E-state index >= 15 is 0 Å². The Labute approximate surface area is 126 Å². The number of nitrogens with one attached hydrogen (secondary N) is 1. The molecule has 5 atom stereocenters. The Hall–Kier alpha value is -1.32. The molecule has 23 heavy (non-hydrogen) atoms. The molecule has 1 fully saturated rings. The molecule has 1 aromatic rings. The zero-order valence-corrected chi connectivity index (χ0v) is 11.8. The molecule has 0 spiro atoms. The molecule has 132 valence electrons. The summed E-state index contributed by atoms with van der Waals surface area (Å²) < 4.78 is 87.1. The van der Waals surface area contributed by atoms with Crippen LogP contribution in [0.15, 0.2) is 0 Å². The molecule has 2 aliphatic rings. The SMILES string of the molecule is FC1CCCCC1F.OC1c2c(C(F)(F)F)n[nH]c2C(F)C1F. The molecule has 2 N–H and O–H groups in total. The van der Waals surface area contributed by atoms with Crippen LogP contribution in [0.5, 0.6) is 0 Å². The molecule has 3 nitrogen and oxygen atoms in total. The van der Waals surface area contributed by atoms with Gasteiger partial charge in [0, 0.05) is 5.56 Å². The minimum Gasteiger partial charge on any atom is -0.385 e. The Morgan fingerprint density at radius 3 is 1.96 bits per heavy atom. The third-order valence-electron chi connectivity index (χ3n) is 3.86. The van der Waals surface area contributed by atoms with Crippen molar-refractivity contribution >= 4 is 0 Å². The number of aliphatic hydroxyl groups is 1. The lowest BCUT2D eigenvalue weighted by Crippen LogP contribution is -2.21. The van der Waals surface area contributed by atoms with Crippen molar-refractivity contribution in [1.29, 1.82) is 0 Å². The summed E-state index contributed by atoms with van der Waals surface area (Å²) in [5.74, 6) is 0. The predicted molar refractivity (Wildman–Crippen MR) is 65.6 cm³/mol. The Balaban J connectivity index is 0.000000203. The molecule has 3 rings (SSSR count). The number of aliphatic hydroxyl groups excluding tert-OH is 1. The van der Waals surface area contributed by atoms with E-state index < -0.39 is 53.9 Å². The first-order valence-electron chi connectivity index (χ1n) is 7.04. The Morgan fingerprint density at radius 2 is 1.52 bits per heavy atom. The smallest absolute Gasteiger partial charge is 0.385 e. The van der Waals surface area contributed by atoms with Crippen LogP contribution in [0.3, 0.4) is 0 Å². The van der Waals surface area contributed by atoms with Crippen LogP contribution in [0.4, 0.5) is 30.7 Å². The van der Waals surface area contributed by atoms with Crippen molar-refractivity contribution in [2.24, 2.45) is 0 Å². The average molecular weight is 348 g/mol. The van der Waals surface area contributed by atoms with Gasteiger partial charge in [-0.15, -0.1) is 0 Å². The van der Waals surface area contributed by atoms with Gasteiger partial charge in [-0.25, -0.2) is 17.6 Å². The second-order valence-corrected chi connectivity index (χ2v) is 5.50. The number of fused-ring (bicyclic) bond motifs is 1. The van der Waals surface area contributed by atoms with Gasteiger partial charge in [0.1, 0.15) is 18.4 Å². The van der Waals surface area contributed by atoms with E-state index in [-0.39, 0.29) is 0 Å². The molecule has 5 unspecified atom stereocenters. The fourth-order valence-corrected chi connectivity index (χ4v) is 2.61. The number of hydrogen-bond donors (Lipinski definition) is 2. The summed E-state index contributed by atoms with van der Waals surface area (Å²) >= 11 is 0. The molecule has 0 aromatic carbocycles. The molecule has 0 radical (unpaired) electrons. The summed E-state index contributed by atoms with van der Waals surface area (Å²) in [7, 11) is 0. The van der Waals surface area contributed by atoms with Gasteiger partial charge in [0.15, 0.2) is 18.0 Å². The van der Waals surface area contributed by atoms with Crippen molar-refractivity contribution in [3.8, 4) is 0 Å². The van der Waals surface area contributed by atoms with Crippen LogP contribution < -0.4 is 0 Å². The maximum atomic E-state index is 13.0. The van der Waals surface area contributed by atoms with Gasteiger partial charge in [-0.05, 0) is 12.8 Å². The standard InChI is InChI=1S/C7H5F5N2O.C6H10F2/c8-2-3(9)5(15)1-4(2)13-14-6(1)7(10,11)12;7-5-3-1-2-4-6(5)8/h2-3,5,15H,(H,13,14);5-6H,1-4H2. The van der Waals surface area contributed by atoms with Crippen molar-refractivity contribution in [1.82, 2.24) is 10.2 Å². The third kappa shape index (κ3) is 3.61. The summed E-state index contributed by atoms with van der Waals surface area (Å²) in [6.45, 7) is 0. The van der Waals surface area contributed by atoms with Gasteiger partial charge >= 0.3 is 6.18 Å². The molecule has 0 bridgehead atoms. The van der Waals surface area contributed by atoms with Crippen molar-refractivity contribution in [3.05, 3.63) is 17.0 Å². The maximum Gasteiger partial charge on any atom is 0.435 e. The van der Waals surface area contributed by atoms with Crippen LogP contribution >= 0.6 is 0 Å². The van der Waals surface area contributed by atoms with Gasteiger partial charge in [-0.1, -0.05) is 12.8 Å². The number of rotatable bonds is 0. The molecule has 2 aliphatic carbocycles. The number of H-pyrrole nitrogens is 1. The molecular formula is C13H15F7N2O. The average Bonchev–Trinajstić information content (AvgIpc) is 3.00. The van der Waals surface area contributed by atoms with Crippen LogP contribution in [-0.2, 0) is 6.18 Å². The lowest BCUT2D eigenvalue weighted by molar-refractivity contribution is -0.143. The third-order valence-corrected chi connectivity index (χ3v) is 3.86. The summed E-state index contributed by atoms with van der Waals surface area (Å²) in [6, 6.07) is 0. The van der Waals surface area contributed by atoms with E-state index in [0.717, 1.165) is 12.8 Å². The minimum atomic E-state index is -4.84. The lowest BCUT2D eigenvalue weighted by Gasteiger charge is -2.17. The Bertz CT molecular complexity index is 523. The van der Waals surface area contributed by atoms with Gasteiger partial charge in [0.25, 0.3) is 0 Å². The fourth-order valence-electron chi connectivity index (χ4n) is 2.61. The monoisotopic (exact) mass is 348 g/mol. The van der Waals surface area contributed by atoms with E-state index in [2.05, 4.69) is 5.10 Å². The maximum absolute atomic E-state index is 13.0. The summed E-state index contributed by atoms with van der Waals surface area (Å²) in [5, 5.41) is 13.7. The minimum absolute atomic E-state index is 0.432. The van der Waals surface area contributed by atoms with Crippen molar-refractivity contribution < 1.29 is 35.8 Å². The number of aromatic nitrogens is 2. The molecule has 0 aliphatic heterocycles. The Morgan fingerprint density at radius 1 is 1.00 bits per heavy atom. The highest BCUT2D eigenvalue weighted by atomic mass is 19.4. The van der Waals surface area contributed by atoms with Crippen molar-refractivity contribution in [3.63, 3.8) is 0 Å². The van der Waals surface area contributed by atoms with Crippen LogP contribution in [0, 0.1) is 0 Å². The fraction of sp³-hybridized carbons (Fsp3) is 0.769. The number of alkyl halides is 7. The van der Waals surface area contributed by atoms with Crippen molar-refractivity contribution in [2.75, 3.05) is 0 Å². The highest BCUT2D eigenvalue weighted by Gasteiger charge is 2.50. The molecule has 10 heteroatoms. The zero-order valence-electron chi connectivity index (χ0n) is 11.8. The largest absolute Gasteiger partial charge is 0.435 e. The van der Waals surface area contributed by atoms with Crippen LogP contribution in [0.25, 0.3) is 0 Å². The van der Waals surface area contributed by atoms with Crippen LogP contribution in [-0.4, -0.2) is 33.8 Å². The van der Waals surface area contributed by atoms with E-state index in [4.69, 9.17) is 5.11 Å². The highest BCUT2D eigenvalue weighted by molar-refractivity contribution is 5.37. The predicted octanol–water partition coefficient (Wildman–Crippen LogP) is 4.06. The number of halogens is 7. The Kier molecular flexibility index (Phi) is 5.22. The van der Waals surface area contributed by atoms with Gasteiger partial charge in [0.2, 0.25) is 0 Å². The van der Waals surface area contributed by atoms with Gasteiger partial charge in [-0.3, -0.25) is 5.10 Å². The van der Waals surface area contributed by atoms with E-state index in [1.165, 1.54) is 0 Å². The summed E-state index contributed by atoms with van der Waals surface area (Å²) in [4.78, 5) is 0. The topological polar surface area (TPSA) is 48.9 Å². The number of nitrogens with zero attached hydrogens (tertiary/aromatic N) is 1. The normalized spacial score (nSPS) is 33.8. The summed E-state index contributed by atoms with van der Waals surface area (Å²) in [5.41, 5.74) is -2.93. The number of aromatic amines is 1. The first-order valence-corrected chi connectivity index (χ1v) is 7.04. The highest BCUT2D eigenvalue weighted by Crippen LogP contribution is 2.47. The molecular weight excluding hydrogens is 333 g/mol. The molecule has 1 saturated carbocycles. The first-order chi connectivity index (χ1) is 10.6. The quantitative estimate of drug-likeness (QED) is 0.695. The molecule has 1 aromatic heterocycles. The molecule has 0 saturated heterocycles. The second kappa shape index (κ2) is 6.66. The first kappa shape index (κ1) is 18.0. The van der Waals surface area contributed by atoms with E-state index in [1.54, 1.807) is 5.10 Å². The van der Waals surface area contributed by atoms with Crippen LogP contribution in [0.1, 0.15) is 54.9 Å². The molecule has 1 heterocycles. The van der Waals surface area contributed by atoms with E-state index in [1.807, 2.05) is 0 Å². The summed E-state index contributed by atoms with van der Waals surface area (Å²) in [6.07, 6.45) is -11.4.